The van der Waals surface area contributed by atoms with Crippen LogP contribution in [0.2, 0.25) is 0 Å². The molecule has 2 rings (SSSR count). The molecule has 2 heteroatoms. The fraction of sp³-hybridized carbons (Fsp3) is 1.00. The van der Waals surface area contributed by atoms with Gasteiger partial charge in [-0.25, -0.2) is 0 Å². The molecule has 0 amide bonds. The summed E-state index contributed by atoms with van der Waals surface area (Å²) in [6.07, 6.45) is 4.01. The molecule has 1 saturated heterocycles. The molecule has 0 aromatic rings. The van der Waals surface area contributed by atoms with E-state index in [-0.39, 0.29) is 0 Å². The summed E-state index contributed by atoms with van der Waals surface area (Å²) in [6, 6.07) is 0. The first-order chi connectivity index (χ1) is 5.81. The first-order valence-electron chi connectivity index (χ1n) is 5.10. The van der Waals surface area contributed by atoms with E-state index in [1.807, 2.05) is 0 Å². The Balaban J connectivity index is 1.76. The van der Waals surface area contributed by atoms with Crippen LogP contribution in [-0.2, 0) is 0 Å². The van der Waals surface area contributed by atoms with Crippen molar-refractivity contribution in [2.75, 3.05) is 26.7 Å². The zero-order valence-corrected chi connectivity index (χ0v) is 7.87. The van der Waals surface area contributed by atoms with Crippen LogP contribution in [0, 0.1) is 17.8 Å². The molecule has 2 atom stereocenters. The Bertz CT molecular complexity index is 152. The van der Waals surface area contributed by atoms with Crippen LogP contribution in [0.25, 0.3) is 0 Å². The number of aliphatic hydroxyl groups excluding tert-OH is 1. The van der Waals surface area contributed by atoms with E-state index in [0.29, 0.717) is 12.5 Å². The molecule has 1 heterocycles. The molecular weight excluding hydrogens is 150 g/mol. The lowest BCUT2D eigenvalue weighted by atomic mass is 9.91. The second-order valence-electron chi connectivity index (χ2n) is 4.48. The lowest BCUT2D eigenvalue weighted by Crippen LogP contribution is -2.31. The highest BCUT2D eigenvalue weighted by Crippen LogP contribution is 2.47. The predicted molar refractivity (Wildman–Crippen MR) is 48.9 cm³/mol. The molecular formula is C10H19NO. The van der Waals surface area contributed by atoms with Gasteiger partial charge >= 0.3 is 0 Å². The topological polar surface area (TPSA) is 23.5 Å². The first kappa shape index (κ1) is 8.52. The zero-order chi connectivity index (χ0) is 8.55. The number of rotatable bonds is 2. The van der Waals surface area contributed by atoms with Gasteiger partial charge < -0.3 is 10.0 Å². The van der Waals surface area contributed by atoms with Crippen LogP contribution in [-0.4, -0.2) is 36.8 Å². The predicted octanol–water partition coefficient (Wildman–Crippen LogP) is 0.957. The number of nitrogens with zero attached hydrogens (tertiary/aromatic N) is 1. The van der Waals surface area contributed by atoms with Crippen LogP contribution in [0.3, 0.4) is 0 Å². The van der Waals surface area contributed by atoms with Crippen molar-refractivity contribution in [3.05, 3.63) is 0 Å². The van der Waals surface area contributed by atoms with Crippen molar-refractivity contribution in [2.24, 2.45) is 17.8 Å². The SMILES string of the molecule is CN1CCC([C@H]2CC2CO)CC1. The van der Waals surface area contributed by atoms with Gasteiger partial charge in [-0.05, 0) is 57.2 Å². The Kier molecular flexibility index (Phi) is 2.37. The Hall–Kier alpha value is -0.0800. The number of aliphatic hydroxyl groups is 1. The highest BCUT2D eigenvalue weighted by molar-refractivity contribution is 4.92. The van der Waals surface area contributed by atoms with E-state index >= 15 is 0 Å². The third-order valence-electron chi connectivity index (χ3n) is 3.58. The minimum absolute atomic E-state index is 0.428. The Morgan fingerprint density at radius 1 is 1.33 bits per heavy atom. The van der Waals surface area contributed by atoms with E-state index in [2.05, 4.69) is 11.9 Å². The molecule has 0 radical (unpaired) electrons. The van der Waals surface area contributed by atoms with E-state index in [9.17, 15) is 0 Å². The first-order valence-corrected chi connectivity index (χ1v) is 5.10. The van der Waals surface area contributed by atoms with Crippen molar-refractivity contribution < 1.29 is 5.11 Å². The quantitative estimate of drug-likeness (QED) is 0.665. The Morgan fingerprint density at radius 3 is 2.50 bits per heavy atom. The van der Waals surface area contributed by atoms with Crippen LogP contribution >= 0.6 is 0 Å². The minimum Gasteiger partial charge on any atom is -0.396 e. The van der Waals surface area contributed by atoms with Crippen molar-refractivity contribution in [1.29, 1.82) is 0 Å². The summed E-state index contributed by atoms with van der Waals surface area (Å²) >= 11 is 0. The van der Waals surface area contributed by atoms with Crippen LogP contribution in [0.15, 0.2) is 0 Å². The average molecular weight is 169 g/mol. The Morgan fingerprint density at radius 2 is 2.00 bits per heavy atom. The van der Waals surface area contributed by atoms with Gasteiger partial charge in [-0.15, -0.1) is 0 Å². The van der Waals surface area contributed by atoms with E-state index in [1.165, 1.54) is 32.4 Å². The molecule has 1 aliphatic heterocycles. The molecule has 2 aliphatic rings. The molecule has 1 aliphatic carbocycles. The van der Waals surface area contributed by atoms with Crippen LogP contribution in [0.1, 0.15) is 19.3 Å². The summed E-state index contributed by atoms with van der Waals surface area (Å²) in [4.78, 5) is 2.41. The van der Waals surface area contributed by atoms with Crippen molar-refractivity contribution in [3.8, 4) is 0 Å². The maximum atomic E-state index is 8.95. The lowest BCUT2D eigenvalue weighted by molar-refractivity contribution is 0.188. The van der Waals surface area contributed by atoms with E-state index in [4.69, 9.17) is 5.11 Å². The van der Waals surface area contributed by atoms with Crippen molar-refractivity contribution >= 4 is 0 Å². The fourth-order valence-corrected chi connectivity index (χ4v) is 2.52. The minimum atomic E-state index is 0.428. The standard InChI is InChI=1S/C10H19NO/c1-11-4-2-8(3-5-11)10-6-9(10)7-12/h8-10,12H,2-7H2,1H3/t9?,10-/m1/s1. The van der Waals surface area contributed by atoms with Crippen molar-refractivity contribution in [3.63, 3.8) is 0 Å². The molecule has 2 fully saturated rings. The number of likely N-dealkylation sites (tertiary alicyclic amines) is 1. The summed E-state index contributed by atoms with van der Waals surface area (Å²) in [7, 11) is 2.20. The molecule has 70 valence electrons. The second kappa shape index (κ2) is 3.35. The third-order valence-corrected chi connectivity index (χ3v) is 3.58. The van der Waals surface area contributed by atoms with E-state index < -0.39 is 0 Å². The van der Waals surface area contributed by atoms with E-state index in [1.54, 1.807) is 0 Å². The summed E-state index contributed by atoms with van der Waals surface area (Å²) in [5, 5.41) is 8.95. The van der Waals surface area contributed by atoms with Crippen molar-refractivity contribution in [2.45, 2.75) is 19.3 Å². The van der Waals surface area contributed by atoms with Gasteiger partial charge in [0.15, 0.2) is 0 Å². The summed E-state index contributed by atoms with van der Waals surface area (Å²) in [5.74, 6) is 2.47. The molecule has 1 N–H and O–H groups in total. The van der Waals surface area contributed by atoms with Gasteiger partial charge in [0.05, 0.1) is 0 Å². The summed E-state index contributed by atoms with van der Waals surface area (Å²) in [6.45, 7) is 2.95. The smallest absolute Gasteiger partial charge is 0.0462 e. The summed E-state index contributed by atoms with van der Waals surface area (Å²) in [5.41, 5.74) is 0. The molecule has 0 aromatic carbocycles. The molecule has 12 heavy (non-hydrogen) atoms. The number of piperidine rings is 1. The summed E-state index contributed by atoms with van der Waals surface area (Å²) < 4.78 is 0. The fourth-order valence-electron chi connectivity index (χ4n) is 2.52. The maximum Gasteiger partial charge on any atom is 0.0462 e. The largest absolute Gasteiger partial charge is 0.396 e. The molecule has 2 nitrogen and oxygen atoms in total. The monoisotopic (exact) mass is 169 g/mol. The van der Waals surface area contributed by atoms with Crippen molar-refractivity contribution in [1.82, 2.24) is 4.90 Å². The Labute approximate surface area is 74.6 Å². The highest BCUT2D eigenvalue weighted by Gasteiger charge is 2.42. The molecule has 0 bridgehead atoms. The van der Waals surface area contributed by atoms with Crippen LogP contribution < -0.4 is 0 Å². The van der Waals surface area contributed by atoms with Gasteiger partial charge in [-0.1, -0.05) is 0 Å². The molecule has 1 unspecified atom stereocenters. The van der Waals surface area contributed by atoms with Crippen LogP contribution in [0.5, 0.6) is 0 Å². The highest BCUT2D eigenvalue weighted by atomic mass is 16.3. The van der Waals surface area contributed by atoms with E-state index in [0.717, 1.165) is 11.8 Å². The number of hydrogen-bond acceptors (Lipinski definition) is 2. The van der Waals surface area contributed by atoms with Gasteiger partial charge in [0, 0.05) is 6.61 Å². The van der Waals surface area contributed by atoms with Gasteiger partial charge in [0.1, 0.15) is 0 Å². The van der Waals surface area contributed by atoms with Gasteiger partial charge in [-0.2, -0.15) is 0 Å². The zero-order valence-electron chi connectivity index (χ0n) is 7.87. The molecule has 0 spiro atoms. The normalized spacial score (nSPS) is 38.5. The number of hydrogen-bond donors (Lipinski definition) is 1. The second-order valence-corrected chi connectivity index (χ2v) is 4.48. The molecule has 0 aromatic heterocycles. The van der Waals surface area contributed by atoms with Gasteiger partial charge in [0.2, 0.25) is 0 Å². The van der Waals surface area contributed by atoms with Crippen LogP contribution in [0.4, 0.5) is 0 Å². The van der Waals surface area contributed by atoms with Gasteiger partial charge in [-0.3, -0.25) is 0 Å². The maximum absolute atomic E-state index is 8.95. The molecule has 1 saturated carbocycles. The lowest BCUT2D eigenvalue weighted by Gasteiger charge is -2.29. The average Bonchev–Trinajstić information content (AvgIpc) is 2.85. The van der Waals surface area contributed by atoms with Gasteiger partial charge in [0.25, 0.3) is 0 Å². The third kappa shape index (κ3) is 1.64.